The van der Waals surface area contributed by atoms with E-state index in [0.717, 1.165) is 44.9 Å². The molecule has 1 aliphatic rings. The van der Waals surface area contributed by atoms with E-state index in [1.165, 1.54) is 57.4 Å². The molecule has 47 heavy (non-hydrogen) atoms. The molecular weight excluding hydrogens is 633 g/mol. The predicted molar refractivity (Wildman–Crippen MR) is 178 cm³/mol. The number of phosphoric ester groups is 1. The third kappa shape index (κ3) is 18.6. The minimum Gasteiger partial charge on any atom is -0.393 e. The summed E-state index contributed by atoms with van der Waals surface area (Å²) in [7, 11) is -5.12. The van der Waals surface area contributed by atoms with Crippen molar-refractivity contribution >= 4 is 13.7 Å². The summed E-state index contributed by atoms with van der Waals surface area (Å²) < 4.78 is 22.6. The van der Waals surface area contributed by atoms with Gasteiger partial charge in [-0.05, 0) is 19.3 Å². The normalized spacial score (nSPS) is 26.6. The average Bonchev–Trinajstić information content (AvgIpc) is 3.03. The Balaban J connectivity index is 2.73. The number of hydrogen-bond donors (Lipinski definition) is 9. The SMILES string of the molecule is CCCCCCCCC/C=C/C(O)C(COP(=O)(O)OC1C(O)C(O)C(O)C(O)C1O)NC(=O)CC(O)CCCCCCCCCC. The summed E-state index contributed by atoms with van der Waals surface area (Å²) in [5.41, 5.74) is 0. The predicted octanol–water partition coefficient (Wildman–Crippen LogP) is 3.13. The molecule has 0 aliphatic heterocycles. The molecule has 8 atom stereocenters. The van der Waals surface area contributed by atoms with Crippen LogP contribution in [0.4, 0.5) is 0 Å². The van der Waals surface area contributed by atoms with Gasteiger partial charge in [-0.3, -0.25) is 13.8 Å². The standard InChI is InChI=1S/C33H64NO12P/c1-3-5-7-9-11-13-15-17-19-21-26(36)25(34-27(37)22-24(35)20-18-16-14-12-10-8-6-4-2)23-45-47(43,44)46-33-31(41)29(39)28(38)30(40)32(33)42/h19,21,24-26,28-33,35-36,38-42H,3-18,20,22-23H2,1-2H3,(H,34,37)(H,43,44)/b21-19+. The first kappa shape index (κ1) is 44.1. The zero-order valence-electron chi connectivity index (χ0n) is 28.4. The molecule has 0 spiro atoms. The molecule has 0 saturated heterocycles. The van der Waals surface area contributed by atoms with E-state index in [2.05, 4.69) is 19.2 Å². The number of phosphoric acid groups is 1. The van der Waals surface area contributed by atoms with Crippen LogP contribution in [0, 0.1) is 0 Å². The first-order chi connectivity index (χ1) is 22.3. The molecule has 0 heterocycles. The Morgan fingerprint density at radius 1 is 0.745 bits per heavy atom. The summed E-state index contributed by atoms with van der Waals surface area (Å²) in [6, 6.07) is -1.23. The number of amides is 1. The summed E-state index contributed by atoms with van der Waals surface area (Å²) in [4.78, 5) is 23.1. The highest BCUT2D eigenvalue weighted by Crippen LogP contribution is 2.47. The fourth-order valence-corrected chi connectivity index (χ4v) is 6.56. The second-order valence-corrected chi connectivity index (χ2v) is 14.3. The molecule has 278 valence electrons. The largest absolute Gasteiger partial charge is 0.472 e. The Labute approximate surface area is 281 Å². The van der Waals surface area contributed by atoms with Crippen molar-refractivity contribution in [2.24, 2.45) is 0 Å². The molecule has 0 radical (unpaired) electrons. The first-order valence-corrected chi connectivity index (χ1v) is 19.2. The number of carbonyl (C=O) groups excluding carboxylic acids is 1. The third-order valence-electron chi connectivity index (χ3n) is 8.62. The van der Waals surface area contributed by atoms with Gasteiger partial charge in [-0.2, -0.15) is 0 Å². The van der Waals surface area contributed by atoms with Crippen molar-refractivity contribution in [3.8, 4) is 0 Å². The molecule has 1 rings (SSSR count). The van der Waals surface area contributed by atoms with E-state index in [1.807, 2.05) is 0 Å². The Morgan fingerprint density at radius 3 is 1.74 bits per heavy atom. The number of aliphatic hydroxyl groups is 7. The molecule has 1 fully saturated rings. The van der Waals surface area contributed by atoms with Crippen LogP contribution in [0.5, 0.6) is 0 Å². The lowest BCUT2D eigenvalue weighted by Crippen LogP contribution is -2.64. The molecule has 9 N–H and O–H groups in total. The van der Waals surface area contributed by atoms with Gasteiger partial charge < -0.3 is 46.0 Å². The summed E-state index contributed by atoms with van der Waals surface area (Å²) >= 11 is 0. The van der Waals surface area contributed by atoms with Gasteiger partial charge in [0, 0.05) is 0 Å². The van der Waals surface area contributed by atoms with Crippen LogP contribution in [0.25, 0.3) is 0 Å². The second-order valence-electron chi connectivity index (χ2n) is 12.9. The molecule has 0 aromatic carbocycles. The van der Waals surface area contributed by atoms with E-state index >= 15 is 0 Å². The van der Waals surface area contributed by atoms with Gasteiger partial charge in [-0.1, -0.05) is 116 Å². The molecule has 13 nitrogen and oxygen atoms in total. The summed E-state index contributed by atoms with van der Waals surface area (Å²) in [6.07, 6.45) is 6.50. The van der Waals surface area contributed by atoms with Gasteiger partial charge in [0.05, 0.1) is 31.3 Å². The van der Waals surface area contributed by atoms with Gasteiger partial charge in [-0.15, -0.1) is 0 Å². The van der Waals surface area contributed by atoms with Crippen molar-refractivity contribution in [1.29, 1.82) is 0 Å². The number of rotatable bonds is 27. The van der Waals surface area contributed by atoms with Crippen molar-refractivity contribution in [3.05, 3.63) is 12.2 Å². The zero-order valence-corrected chi connectivity index (χ0v) is 29.3. The number of unbranched alkanes of at least 4 members (excludes halogenated alkanes) is 14. The first-order valence-electron chi connectivity index (χ1n) is 17.7. The van der Waals surface area contributed by atoms with Gasteiger partial charge in [0.1, 0.15) is 36.6 Å². The monoisotopic (exact) mass is 697 g/mol. The molecule has 0 bridgehead atoms. The highest BCUT2D eigenvalue weighted by Gasteiger charge is 2.51. The van der Waals surface area contributed by atoms with E-state index in [9.17, 15) is 50.0 Å². The molecule has 14 heteroatoms. The van der Waals surface area contributed by atoms with E-state index in [0.29, 0.717) is 12.8 Å². The maximum Gasteiger partial charge on any atom is 0.472 e. The lowest BCUT2D eigenvalue weighted by molar-refractivity contribution is -0.220. The lowest BCUT2D eigenvalue weighted by Gasteiger charge is -2.41. The Hall–Kier alpha value is -0.960. The van der Waals surface area contributed by atoms with Crippen LogP contribution in [0.3, 0.4) is 0 Å². The van der Waals surface area contributed by atoms with Crippen molar-refractivity contribution in [3.63, 3.8) is 0 Å². The van der Waals surface area contributed by atoms with E-state index in [1.54, 1.807) is 6.08 Å². The zero-order chi connectivity index (χ0) is 35.2. The molecule has 0 aromatic heterocycles. The van der Waals surface area contributed by atoms with E-state index < -0.39 is 75.2 Å². The molecular formula is C33H64NO12P. The van der Waals surface area contributed by atoms with Crippen LogP contribution in [0.15, 0.2) is 12.2 Å². The molecule has 1 aliphatic carbocycles. The third-order valence-corrected chi connectivity index (χ3v) is 9.61. The summed E-state index contributed by atoms with van der Waals surface area (Å²) in [6.45, 7) is 3.60. The maximum atomic E-state index is 12.8. The van der Waals surface area contributed by atoms with Crippen LogP contribution < -0.4 is 5.32 Å². The molecule has 1 saturated carbocycles. The Bertz CT molecular complexity index is 880. The van der Waals surface area contributed by atoms with Gasteiger partial charge >= 0.3 is 7.82 Å². The summed E-state index contributed by atoms with van der Waals surface area (Å²) in [5, 5.41) is 73.6. The average molecular weight is 698 g/mol. The smallest absolute Gasteiger partial charge is 0.393 e. The number of nitrogens with one attached hydrogen (secondary N) is 1. The Kier molecular flexibility index (Phi) is 23.5. The van der Waals surface area contributed by atoms with Gasteiger partial charge in [0.2, 0.25) is 5.91 Å². The number of carbonyl (C=O) groups is 1. The highest BCUT2D eigenvalue weighted by atomic mass is 31.2. The van der Waals surface area contributed by atoms with Gasteiger partial charge in [-0.25, -0.2) is 4.57 Å². The van der Waals surface area contributed by atoms with Crippen LogP contribution in [0.1, 0.15) is 129 Å². The number of allylic oxidation sites excluding steroid dienone is 1. The fraction of sp³-hybridized carbons (Fsp3) is 0.909. The van der Waals surface area contributed by atoms with Gasteiger partial charge in [0.25, 0.3) is 0 Å². The van der Waals surface area contributed by atoms with E-state index in [-0.39, 0.29) is 6.42 Å². The summed E-state index contributed by atoms with van der Waals surface area (Å²) in [5.74, 6) is -0.600. The molecule has 0 aromatic rings. The van der Waals surface area contributed by atoms with Crippen LogP contribution in [-0.2, 0) is 18.4 Å². The topological polar surface area (TPSA) is 226 Å². The minimum absolute atomic E-state index is 0.243. The molecule has 8 unspecified atom stereocenters. The fourth-order valence-electron chi connectivity index (χ4n) is 5.59. The van der Waals surface area contributed by atoms with Crippen LogP contribution in [-0.4, -0.2) is 108 Å². The number of hydrogen-bond acceptors (Lipinski definition) is 11. The van der Waals surface area contributed by atoms with E-state index in [4.69, 9.17) is 9.05 Å². The van der Waals surface area contributed by atoms with Crippen molar-refractivity contribution in [2.75, 3.05) is 6.61 Å². The minimum atomic E-state index is -5.12. The number of aliphatic hydroxyl groups excluding tert-OH is 7. The quantitative estimate of drug-likeness (QED) is 0.0343. The second kappa shape index (κ2) is 25.1. The Morgan fingerprint density at radius 2 is 1.21 bits per heavy atom. The van der Waals surface area contributed by atoms with Crippen molar-refractivity contribution in [1.82, 2.24) is 5.32 Å². The molecule has 1 amide bonds. The van der Waals surface area contributed by atoms with Gasteiger partial charge in [0.15, 0.2) is 0 Å². The maximum absolute atomic E-state index is 12.8. The highest BCUT2D eigenvalue weighted by molar-refractivity contribution is 7.47. The van der Waals surface area contributed by atoms with Crippen LogP contribution in [0.2, 0.25) is 0 Å². The lowest BCUT2D eigenvalue weighted by atomic mass is 9.85. The van der Waals surface area contributed by atoms with Crippen molar-refractivity contribution in [2.45, 2.75) is 184 Å². The van der Waals surface area contributed by atoms with Crippen LogP contribution >= 0.6 is 7.82 Å². The van der Waals surface area contributed by atoms with Crippen molar-refractivity contribution < 1.29 is 59.0 Å².